The number of piperidine rings is 1. The SMILES string of the molecule is CN(C)CC1=CC2CN(C(=O)CCCCSc3ccccc3)CCC2O1. The van der Waals surface area contributed by atoms with E-state index in [4.69, 9.17) is 4.74 Å². The summed E-state index contributed by atoms with van der Waals surface area (Å²) in [6, 6.07) is 10.5. The number of benzene rings is 1. The van der Waals surface area contributed by atoms with Crippen LogP contribution in [0.2, 0.25) is 0 Å². The smallest absolute Gasteiger partial charge is 0.222 e. The number of likely N-dealkylation sites (N-methyl/N-ethyl adjacent to an activating group) is 1. The number of hydrogen-bond acceptors (Lipinski definition) is 4. The van der Waals surface area contributed by atoms with E-state index in [0.29, 0.717) is 18.2 Å². The first kappa shape index (κ1) is 19.3. The van der Waals surface area contributed by atoms with Crippen molar-refractivity contribution in [3.05, 3.63) is 42.2 Å². The summed E-state index contributed by atoms with van der Waals surface area (Å²) in [5.74, 6) is 2.82. The van der Waals surface area contributed by atoms with Crippen LogP contribution in [0.25, 0.3) is 0 Å². The van der Waals surface area contributed by atoms with E-state index >= 15 is 0 Å². The summed E-state index contributed by atoms with van der Waals surface area (Å²) in [7, 11) is 4.11. The third-order valence-electron chi connectivity index (χ3n) is 4.92. The monoisotopic (exact) mass is 374 g/mol. The highest BCUT2D eigenvalue weighted by molar-refractivity contribution is 7.99. The van der Waals surface area contributed by atoms with Gasteiger partial charge >= 0.3 is 0 Å². The number of hydrogen-bond donors (Lipinski definition) is 0. The highest BCUT2D eigenvalue weighted by Crippen LogP contribution is 2.31. The Morgan fingerprint density at radius 2 is 2.08 bits per heavy atom. The molecule has 26 heavy (non-hydrogen) atoms. The molecule has 142 valence electrons. The van der Waals surface area contributed by atoms with Crippen LogP contribution >= 0.6 is 11.8 Å². The van der Waals surface area contributed by atoms with Crippen molar-refractivity contribution >= 4 is 17.7 Å². The molecule has 0 N–H and O–H groups in total. The van der Waals surface area contributed by atoms with Gasteiger partial charge in [0.05, 0.1) is 6.54 Å². The molecule has 3 rings (SSSR count). The molecule has 1 saturated heterocycles. The minimum absolute atomic E-state index is 0.274. The van der Waals surface area contributed by atoms with Crippen LogP contribution in [0, 0.1) is 5.92 Å². The van der Waals surface area contributed by atoms with Crippen LogP contribution in [0.3, 0.4) is 0 Å². The van der Waals surface area contributed by atoms with E-state index in [1.54, 1.807) is 0 Å². The van der Waals surface area contributed by atoms with Crippen LogP contribution in [0.5, 0.6) is 0 Å². The third-order valence-corrected chi connectivity index (χ3v) is 6.01. The summed E-state index contributed by atoms with van der Waals surface area (Å²) in [4.78, 5) is 18.0. The van der Waals surface area contributed by atoms with Crippen LogP contribution < -0.4 is 0 Å². The fourth-order valence-corrected chi connectivity index (χ4v) is 4.54. The molecule has 2 atom stereocenters. The van der Waals surface area contributed by atoms with Gasteiger partial charge in [0, 0.05) is 36.7 Å². The second-order valence-electron chi connectivity index (χ2n) is 7.44. The predicted octanol–water partition coefficient (Wildman–Crippen LogP) is 3.64. The largest absolute Gasteiger partial charge is 0.493 e. The zero-order valence-corrected chi connectivity index (χ0v) is 16.7. The van der Waals surface area contributed by atoms with Crippen molar-refractivity contribution in [1.82, 2.24) is 9.80 Å². The van der Waals surface area contributed by atoms with Gasteiger partial charge in [0.2, 0.25) is 5.91 Å². The summed E-state index contributed by atoms with van der Waals surface area (Å²) in [5, 5.41) is 0. The Hall–Kier alpha value is -1.46. The van der Waals surface area contributed by atoms with Crippen LogP contribution in [0.15, 0.2) is 47.1 Å². The van der Waals surface area contributed by atoms with Crippen molar-refractivity contribution in [2.75, 3.05) is 39.5 Å². The van der Waals surface area contributed by atoms with Gasteiger partial charge in [-0.15, -0.1) is 11.8 Å². The number of likely N-dealkylation sites (tertiary alicyclic amines) is 1. The van der Waals surface area contributed by atoms with E-state index in [1.807, 2.05) is 22.7 Å². The van der Waals surface area contributed by atoms with Crippen LogP contribution in [0.1, 0.15) is 25.7 Å². The summed E-state index contributed by atoms with van der Waals surface area (Å²) >= 11 is 1.87. The zero-order chi connectivity index (χ0) is 18.4. The van der Waals surface area contributed by atoms with Crippen molar-refractivity contribution in [1.29, 1.82) is 0 Å². The molecule has 4 nitrogen and oxygen atoms in total. The van der Waals surface area contributed by atoms with Gasteiger partial charge in [0.15, 0.2) is 0 Å². The van der Waals surface area contributed by atoms with E-state index in [-0.39, 0.29) is 6.10 Å². The highest BCUT2D eigenvalue weighted by atomic mass is 32.2. The lowest BCUT2D eigenvalue weighted by Crippen LogP contribution is -2.44. The number of carbonyl (C=O) groups is 1. The first-order valence-corrected chi connectivity index (χ1v) is 10.6. The van der Waals surface area contributed by atoms with E-state index in [1.165, 1.54) is 4.90 Å². The Balaban J connectivity index is 1.35. The predicted molar refractivity (Wildman–Crippen MR) is 107 cm³/mol. The molecule has 1 aromatic rings. The maximum atomic E-state index is 12.5. The molecule has 0 bridgehead atoms. The number of amides is 1. The molecular weight excluding hydrogens is 344 g/mol. The van der Waals surface area contributed by atoms with Gasteiger partial charge in [-0.05, 0) is 50.9 Å². The van der Waals surface area contributed by atoms with Gasteiger partial charge in [-0.2, -0.15) is 0 Å². The second kappa shape index (κ2) is 9.47. The lowest BCUT2D eigenvalue weighted by atomic mass is 9.95. The molecule has 1 fully saturated rings. The minimum Gasteiger partial charge on any atom is -0.493 e. The van der Waals surface area contributed by atoms with Crippen molar-refractivity contribution in [3.8, 4) is 0 Å². The van der Waals surface area contributed by atoms with Crippen LogP contribution in [0.4, 0.5) is 0 Å². The average Bonchev–Trinajstić information content (AvgIpc) is 3.02. The molecule has 0 saturated carbocycles. The third kappa shape index (κ3) is 5.52. The average molecular weight is 375 g/mol. The number of rotatable bonds is 8. The number of ether oxygens (including phenoxy) is 1. The number of nitrogens with zero attached hydrogens (tertiary/aromatic N) is 2. The lowest BCUT2D eigenvalue weighted by molar-refractivity contribution is -0.134. The molecule has 1 amide bonds. The molecule has 2 unspecified atom stereocenters. The Morgan fingerprint density at radius 3 is 2.85 bits per heavy atom. The fourth-order valence-electron chi connectivity index (χ4n) is 3.61. The van der Waals surface area contributed by atoms with E-state index in [2.05, 4.69) is 49.3 Å². The van der Waals surface area contributed by atoms with Gasteiger partial charge in [-0.3, -0.25) is 4.79 Å². The topological polar surface area (TPSA) is 32.8 Å². The lowest BCUT2D eigenvalue weighted by Gasteiger charge is -2.34. The number of carbonyl (C=O) groups excluding carboxylic acids is 1. The number of fused-ring (bicyclic) bond motifs is 1. The summed E-state index contributed by atoms with van der Waals surface area (Å²) in [5.41, 5.74) is 0. The van der Waals surface area contributed by atoms with E-state index in [9.17, 15) is 4.79 Å². The molecule has 2 heterocycles. The molecular formula is C21H30N2O2S. The maximum Gasteiger partial charge on any atom is 0.222 e. The van der Waals surface area contributed by atoms with E-state index < -0.39 is 0 Å². The maximum absolute atomic E-state index is 12.5. The van der Waals surface area contributed by atoms with E-state index in [0.717, 1.165) is 50.4 Å². The van der Waals surface area contributed by atoms with Gasteiger partial charge in [0.1, 0.15) is 11.9 Å². The standard InChI is InChI=1S/C21H30N2O2S/c1-22(2)16-18-14-17-15-23(12-11-20(17)25-18)21(24)10-6-7-13-26-19-8-4-3-5-9-19/h3-5,8-9,14,17,20H,6-7,10-13,15-16H2,1-2H3. The van der Waals surface area contributed by atoms with Crippen molar-refractivity contribution < 1.29 is 9.53 Å². The molecule has 2 aliphatic heterocycles. The summed E-state index contributed by atoms with van der Waals surface area (Å²) in [6.45, 7) is 2.50. The molecule has 0 radical (unpaired) electrons. The van der Waals surface area contributed by atoms with Gasteiger partial charge in [-0.25, -0.2) is 0 Å². The fraction of sp³-hybridized carbons (Fsp3) is 0.571. The second-order valence-corrected chi connectivity index (χ2v) is 8.61. The quantitative estimate of drug-likeness (QED) is 0.514. The van der Waals surface area contributed by atoms with Crippen molar-refractivity contribution in [2.45, 2.75) is 36.7 Å². The first-order valence-electron chi connectivity index (χ1n) is 9.59. The molecule has 5 heteroatoms. The first-order chi connectivity index (χ1) is 12.6. The highest BCUT2D eigenvalue weighted by Gasteiger charge is 2.35. The minimum atomic E-state index is 0.274. The number of thioether (sulfide) groups is 1. The zero-order valence-electron chi connectivity index (χ0n) is 15.9. The Morgan fingerprint density at radius 1 is 1.27 bits per heavy atom. The Kier molecular flexibility index (Phi) is 7.03. The van der Waals surface area contributed by atoms with Crippen molar-refractivity contribution in [2.24, 2.45) is 5.92 Å². The Labute approximate surface area is 161 Å². The Bertz CT molecular complexity index is 618. The molecule has 0 aromatic heterocycles. The molecule has 2 aliphatic rings. The van der Waals surface area contributed by atoms with Crippen molar-refractivity contribution in [3.63, 3.8) is 0 Å². The van der Waals surface area contributed by atoms with Crippen LogP contribution in [-0.2, 0) is 9.53 Å². The number of unbranched alkanes of at least 4 members (excludes halogenated alkanes) is 1. The van der Waals surface area contributed by atoms with Gasteiger partial charge < -0.3 is 14.5 Å². The normalized spacial score (nSPS) is 22.1. The van der Waals surface area contributed by atoms with Crippen LogP contribution in [-0.4, -0.2) is 61.3 Å². The summed E-state index contributed by atoms with van der Waals surface area (Å²) in [6.07, 6.45) is 6.19. The molecule has 0 aliphatic carbocycles. The van der Waals surface area contributed by atoms with Gasteiger partial charge in [-0.1, -0.05) is 18.2 Å². The molecule has 0 spiro atoms. The molecule has 1 aromatic carbocycles. The summed E-state index contributed by atoms with van der Waals surface area (Å²) < 4.78 is 6.04. The van der Waals surface area contributed by atoms with Gasteiger partial charge in [0.25, 0.3) is 0 Å².